The summed E-state index contributed by atoms with van der Waals surface area (Å²) in [5, 5.41) is 0. The second kappa shape index (κ2) is 4.77. The Morgan fingerprint density at radius 3 is 3.08 bits per heavy atom. The van der Waals surface area contributed by atoms with Gasteiger partial charge in [0.2, 0.25) is 0 Å². The third-order valence-corrected chi connectivity index (χ3v) is 1.80. The second-order valence-corrected chi connectivity index (χ2v) is 3.08. The van der Waals surface area contributed by atoms with Crippen LogP contribution in [0.5, 0.6) is 0 Å². The minimum absolute atomic E-state index is 0.368. The van der Waals surface area contributed by atoms with E-state index in [0.29, 0.717) is 0 Å². The zero-order chi connectivity index (χ0) is 9.68. The average molecular weight is 242 g/mol. The van der Waals surface area contributed by atoms with Gasteiger partial charge < -0.3 is 4.74 Å². The molecule has 13 heavy (non-hydrogen) atoms. The molecule has 1 aromatic heterocycles. The number of ether oxygens (including phenoxy) is 1. The van der Waals surface area contributed by atoms with Crippen molar-refractivity contribution in [1.82, 2.24) is 4.98 Å². The Labute approximate surface area is 84.6 Å². The van der Waals surface area contributed by atoms with E-state index in [-0.39, 0.29) is 5.97 Å². The number of carbonyl (C=O) groups is 1. The smallest absolute Gasteiger partial charge is 0.330 e. The summed E-state index contributed by atoms with van der Waals surface area (Å²) in [7, 11) is 1.34. The van der Waals surface area contributed by atoms with Gasteiger partial charge in [0.05, 0.1) is 7.11 Å². The van der Waals surface area contributed by atoms with Crippen LogP contribution in [0.3, 0.4) is 0 Å². The Morgan fingerprint density at radius 2 is 2.46 bits per heavy atom. The molecule has 0 radical (unpaired) electrons. The number of carbonyl (C=O) groups excluding carboxylic acids is 1. The molecule has 0 atom stereocenters. The molecular weight excluding hydrogens is 234 g/mol. The number of hydrogen-bond acceptors (Lipinski definition) is 3. The molecule has 0 N–H and O–H groups in total. The third-order valence-electron chi connectivity index (χ3n) is 1.36. The first-order valence-electron chi connectivity index (χ1n) is 3.60. The maximum Gasteiger partial charge on any atom is 0.330 e. The van der Waals surface area contributed by atoms with Crippen LogP contribution in [-0.4, -0.2) is 18.1 Å². The van der Waals surface area contributed by atoms with E-state index in [9.17, 15) is 4.79 Å². The van der Waals surface area contributed by atoms with Gasteiger partial charge in [0.25, 0.3) is 0 Å². The van der Waals surface area contributed by atoms with E-state index in [1.807, 2.05) is 0 Å². The fourth-order valence-electron chi connectivity index (χ4n) is 0.753. The van der Waals surface area contributed by atoms with Crippen molar-refractivity contribution in [1.29, 1.82) is 0 Å². The lowest BCUT2D eigenvalue weighted by atomic mass is 10.2. The molecule has 68 valence electrons. The molecule has 0 fully saturated rings. The van der Waals surface area contributed by atoms with Crippen LogP contribution in [0.15, 0.2) is 29.0 Å². The molecule has 3 nitrogen and oxygen atoms in total. The number of halogens is 1. The molecule has 0 aromatic carbocycles. The highest BCUT2D eigenvalue weighted by atomic mass is 79.9. The van der Waals surface area contributed by atoms with Gasteiger partial charge in [-0.15, -0.1) is 0 Å². The summed E-state index contributed by atoms with van der Waals surface area (Å²) >= 11 is 3.23. The summed E-state index contributed by atoms with van der Waals surface area (Å²) in [6.45, 7) is 0. The number of methoxy groups -OCH3 is 1. The molecule has 4 heteroatoms. The fourth-order valence-corrected chi connectivity index (χ4v) is 1.14. The summed E-state index contributed by atoms with van der Waals surface area (Å²) in [6, 6.07) is 3.60. The normalized spacial score (nSPS) is 10.3. The summed E-state index contributed by atoms with van der Waals surface area (Å²) in [6.07, 6.45) is 4.68. The molecule has 0 unspecified atom stereocenters. The van der Waals surface area contributed by atoms with Crippen molar-refractivity contribution in [2.24, 2.45) is 0 Å². The van der Waals surface area contributed by atoms with Gasteiger partial charge in [0, 0.05) is 12.3 Å². The number of hydrogen-bond donors (Lipinski definition) is 0. The van der Waals surface area contributed by atoms with Crippen molar-refractivity contribution in [3.8, 4) is 0 Å². The highest BCUT2D eigenvalue weighted by Crippen LogP contribution is 2.09. The van der Waals surface area contributed by atoms with Gasteiger partial charge in [-0.25, -0.2) is 9.78 Å². The quantitative estimate of drug-likeness (QED) is 0.452. The molecule has 0 aliphatic carbocycles. The Bertz CT molecular complexity index is 336. The zero-order valence-electron chi connectivity index (χ0n) is 7.03. The minimum Gasteiger partial charge on any atom is -0.466 e. The second-order valence-electron chi connectivity index (χ2n) is 2.27. The monoisotopic (exact) mass is 241 g/mol. The Balaban J connectivity index is 2.74. The first-order chi connectivity index (χ1) is 6.22. The molecule has 0 aliphatic heterocycles. The molecule has 0 bridgehead atoms. The van der Waals surface area contributed by atoms with Gasteiger partial charge in [-0.3, -0.25) is 0 Å². The van der Waals surface area contributed by atoms with Crippen LogP contribution in [0.25, 0.3) is 6.08 Å². The van der Waals surface area contributed by atoms with Crippen LogP contribution in [0.1, 0.15) is 5.56 Å². The van der Waals surface area contributed by atoms with Crippen molar-refractivity contribution in [3.63, 3.8) is 0 Å². The molecule has 1 rings (SSSR count). The molecule has 0 aliphatic rings. The minimum atomic E-state index is -0.368. The fraction of sp³-hybridized carbons (Fsp3) is 0.111. The first-order valence-corrected chi connectivity index (χ1v) is 4.39. The molecular formula is C9H8BrNO2. The molecule has 1 aromatic rings. The van der Waals surface area contributed by atoms with Crippen molar-refractivity contribution >= 4 is 28.0 Å². The highest BCUT2D eigenvalue weighted by Gasteiger charge is 1.92. The lowest BCUT2D eigenvalue weighted by Crippen LogP contribution is -1.93. The van der Waals surface area contributed by atoms with Gasteiger partial charge in [-0.2, -0.15) is 0 Å². The number of pyridine rings is 1. The lowest BCUT2D eigenvalue weighted by Gasteiger charge is -1.93. The standard InChI is InChI=1S/C9H8BrNO2/c1-13-9(12)3-2-7-4-5-11-8(10)6-7/h2-6H,1H3. The Morgan fingerprint density at radius 1 is 1.69 bits per heavy atom. The van der Waals surface area contributed by atoms with E-state index in [0.717, 1.165) is 10.2 Å². The maximum atomic E-state index is 10.7. The number of rotatable bonds is 2. The van der Waals surface area contributed by atoms with Gasteiger partial charge in [0.15, 0.2) is 0 Å². The topological polar surface area (TPSA) is 39.2 Å². The Kier molecular flexibility index (Phi) is 3.64. The summed E-state index contributed by atoms with van der Waals surface area (Å²) in [4.78, 5) is 14.7. The number of nitrogens with zero attached hydrogens (tertiary/aromatic N) is 1. The number of aromatic nitrogens is 1. The van der Waals surface area contributed by atoms with Crippen molar-refractivity contribution in [3.05, 3.63) is 34.6 Å². The van der Waals surface area contributed by atoms with Crippen LogP contribution in [0.4, 0.5) is 0 Å². The van der Waals surface area contributed by atoms with E-state index in [2.05, 4.69) is 25.7 Å². The van der Waals surface area contributed by atoms with E-state index in [1.165, 1.54) is 13.2 Å². The van der Waals surface area contributed by atoms with E-state index < -0.39 is 0 Å². The molecule has 1 heterocycles. The molecule has 0 spiro atoms. The molecule has 0 amide bonds. The SMILES string of the molecule is COC(=O)C=Cc1ccnc(Br)c1. The van der Waals surface area contributed by atoms with E-state index in [1.54, 1.807) is 24.4 Å². The van der Waals surface area contributed by atoms with Gasteiger partial charge >= 0.3 is 5.97 Å². The molecule has 0 saturated carbocycles. The summed E-state index contributed by atoms with van der Waals surface area (Å²) in [5.41, 5.74) is 0.896. The van der Waals surface area contributed by atoms with Crippen molar-refractivity contribution < 1.29 is 9.53 Å². The van der Waals surface area contributed by atoms with Crippen LogP contribution in [0.2, 0.25) is 0 Å². The van der Waals surface area contributed by atoms with Gasteiger partial charge in [-0.05, 0) is 39.7 Å². The third kappa shape index (κ3) is 3.38. The van der Waals surface area contributed by atoms with Crippen molar-refractivity contribution in [2.75, 3.05) is 7.11 Å². The lowest BCUT2D eigenvalue weighted by molar-refractivity contribution is -0.134. The first kappa shape index (κ1) is 9.92. The van der Waals surface area contributed by atoms with E-state index >= 15 is 0 Å². The average Bonchev–Trinajstić information content (AvgIpc) is 2.14. The highest BCUT2D eigenvalue weighted by molar-refractivity contribution is 9.10. The largest absolute Gasteiger partial charge is 0.466 e. The van der Waals surface area contributed by atoms with Crippen LogP contribution in [0, 0.1) is 0 Å². The predicted molar refractivity (Wildman–Crippen MR) is 53.0 cm³/mol. The predicted octanol–water partition coefficient (Wildman–Crippen LogP) is 2.03. The Hall–Kier alpha value is -1.16. The summed E-state index contributed by atoms with van der Waals surface area (Å²) < 4.78 is 5.18. The van der Waals surface area contributed by atoms with Crippen molar-refractivity contribution in [2.45, 2.75) is 0 Å². The summed E-state index contributed by atoms with van der Waals surface area (Å²) in [5.74, 6) is -0.368. The maximum absolute atomic E-state index is 10.7. The van der Waals surface area contributed by atoms with Gasteiger partial charge in [-0.1, -0.05) is 0 Å². The number of esters is 1. The molecule has 0 saturated heterocycles. The van der Waals surface area contributed by atoms with Crippen LogP contribution in [-0.2, 0) is 9.53 Å². The van der Waals surface area contributed by atoms with Crippen LogP contribution >= 0.6 is 15.9 Å². The van der Waals surface area contributed by atoms with E-state index in [4.69, 9.17) is 0 Å². The zero-order valence-corrected chi connectivity index (χ0v) is 8.61. The van der Waals surface area contributed by atoms with Gasteiger partial charge in [0.1, 0.15) is 4.60 Å². The van der Waals surface area contributed by atoms with Crippen LogP contribution < -0.4 is 0 Å².